The van der Waals surface area contributed by atoms with Crippen LogP contribution in [0.15, 0.2) is 23.4 Å². The van der Waals surface area contributed by atoms with Crippen molar-refractivity contribution in [3.05, 3.63) is 34.5 Å². The van der Waals surface area contributed by atoms with Crippen molar-refractivity contribution < 1.29 is 19.1 Å². The van der Waals surface area contributed by atoms with Crippen LogP contribution in [0, 0.1) is 0 Å². The van der Waals surface area contributed by atoms with Crippen molar-refractivity contribution in [1.82, 2.24) is 25.1 Å². The lowest BCUT2D eigenvalue weighted by molar-refractivity contribution is -0.133. The molecule has 9 nitrogen and oxygen atoms in total. The van der Waals surface area contributed by atoms with Crippen LogP contribution in [0.4, 0.5) is 0 Å². The van der Waals surface area contributed by atoms with Crippen molar-refractivity contribution >= 4 is 41.1 Å². The van der Waals surface area contributed by atoms with Crippen molar-refractivity contribution in [2.24, 2.45) is 0 Å². The Kier molecular flexibility index (Phi) is 8.73. The monoisotopic (exact) mass is 505 g/mol. The number of nitrogens with zero attached hydrogens (tertiary/aromatic N) is 4. The van der Waals surface area contributed by atoms with Gasteiger partial charge in [0.1, 0.15) is 18.0 Å². The van der Waals surface area contributed by atoms with E-state index in [9.17, 15) is 14.4 Å². The summed E-state index contributed by atoms with van der Waals surface area (Å²) in [6.07, 6.45) is 1.82. The molecule has 11 heteroatoms. The van der Waals surface area contributed by atoms with Crippen molar-refractivity contribution in [1.29, 1.82) is 0 Å². The van der Waals surface area contributed by atoms with E-state index in [0.29, 0.717) is 52.4 Å². The second-order valence-corrected chi connectivity index (χ2v) is 8.68. The van der Waals surface area contributed by atoms with E-state index in [-0.39, 0.29) is 43.1 Å². The summed E-state index contributed by atoms with van der Waals surface area (Å²) in [5.41, 5.74) is 2.06. The highest BCUT2D eigenvalue weighted by Gasteiger charge is 2.34. The fourth-order valence-corrected chi connectivity index (χ4v) is 4.29. The Balaban J connectivity index is 1.87. The summed E-state index contributed by atoms with van der Waals surface area (Å²) < 4.78 is 5.64. The molecule has 0 radical (unpaired) electrons. The minimum Gasteiger partial charge on any atom is -0.484 e. The van der Waals surface area contributed by atoms with E-state index in [0.717, 1.165) is 0 Å². The number of hydrogen-bond acceptors (Lipinski definition) is 7. The Labute approximate surface area is 208 Å². The third-order valence-electron chi connectivity index (χ3n) is 5.39. The first kappa shape index (κ1) is 25.8. The van der Waals surface area contributed by atoms with Gasteiger partial charge < -0.3 is 19.9 Å². The molecular weight excluding hydrogens is 478 g/mol. The molecule has 1 aromatic carbocycles. The number of rotatable bonds is 10. The zero-order valence-corrected chi connectivity index (χ0v) is 21.3. The van der Waals surface area contributed by atoms with Gasteiger partial charge >= 0.3 is 0 Å². The van der Waals surface area contributed by atoms with Crippen molar-refractivity contribution in [3.63, 3.8) is 0 Å². The molecular formula is C23H28ClN5O4S. The largest absolute Gasteiger partial charge is 0.484 e. The first-order valence-electron chi connectivity index (χ1n) is 11.0. The van der Waals surface area contributed by atoms with E-state index in [1.807, 2.05) is 27.0 Å². The lowest BCUT2D eigenvalue weighted by Gasteiger charge is -2.19. The minimum atomic E-state index is -0.314. The van der Waals surface area contributed by atoms with Gasteiger partial charge in [-0.05, 0) is 45.2 Å². The molecule has 0 spiro atoms. The van der Waals surface area contributed by atoms with Gasteiger partial charge in [0.2, 0.25) is 5.91 Å². The smallest absolute Gasteiger partial charge is 0.273 e. The van der Waals surface area contributed by atoms with Crippen molar-refractivity contribution in [2.75, 3.05) is 39.0 Å². The Morgan fingerprint density at radius 2 is 1.91 bits per heavy atom. The molecule has 0 saturated heterocycles. The third-order valence-corrected chi connectivity index (χ3v) is 6.25. The average molecular weight is 506 g/mol. The Morgan fingerprint density at radius 1 is 1.21 bits per heavy atom. The first-order valence-corrected chi connectivity index (χ1v) is 12.6. The molecule has 0 unspecified atom stereocenters. The Hall–Kier alpha value is -2.85. The Bertz CT molecular complexity index is 1090. The summed E-state index contributed by atoms with van der Waals surface area (Å²) in [5.74, 6) is -0.193. The third kappa shape index (κ3) is 5.61. The van der Waals surface area contributed by atoms with Gasteiger partial charge in [0, 0.05) is 30.8 Å². The Morgan fingerprint density at radius 3 is 2.53 bits per heavy atom. The van der Waals surface area contributed by atoms with Crippen LogP contribution in [0.5, 0.6) is 5.75 Å². The number of halogens is 1. The molecule has 0 bridgehead atoms. The van der Waals surface area contributed by atoms with Crippen LogP contribution in [0.1, 0.15) is 36.8 Å². The fraction of sp³-hybridized carbons (Fsp3) is 0.435. The van der Waals surface area contributed by atoms with Crippen LogP contribution in [0.3, 0.4) is 0 Å². The molecule has 0 atom stereocenters. The number of ether oxygens (including phenoxy) is 1. The van der Waals surface area contributed by atoms with Crippen molar-refractivity contribution in [2.45, 2.75) is 32.5 Å². The van der Waals surface area contributed by atoms with E-state index in [4.69, 9.17) is 16.3 Å². The number of fused-ring (bicyclic) bond motifs is 1. The average Bonchev–Trinajstić information content (AvgIpc) is 3.13. The quantitative estimate of drug-likeness (QED) is 0.391. The van der Waals surface area contributed by atoms with Gasteiger partial charge in [0.05, 0.1) is 17.3 Å². The normalized spacial score (nSPS) is 12.5. The zero-order chi connectivity index (χ0) is 24.8. The maximum Gasteiger partial charge on any atom is 0.273 e. The highest BCUT2D eigenvalue weighted by molar-refractivity contribution is 7.98. The molecule has 0 saturated carbocycles. The number of nitrogens with one attached hydrogen (secondary N) is 1. The zero-order valence-electron chi connectivity index (χ0n) is 19.7. The molecule has 3 amide bonds. The summed E-state index contributed by atoms with van der Waals surface area (Å²) in [4.78, 5) is 49.3. The van der Waals surface area contributed by atoms with Gasteiger partial charge in [0.25, 0.3) is 11.8 Å². The molecule has 0 fully saturated rings. The first-order chi connectivity index (χ1) is 16.3. The van der Waals surface area contributed by atoms with Crippen LogP contribution in [0.25, 0.3) is 11.3 Å². The summed E-state index contributed by atoms with van der Waals surface area (Å²) in [6.45, 7) is 7.44. The molecule has 1 aliphatic rings. The lowest BCUT2D eigenvalue weighted by atomic mass is 10.1. The predicted octanol–water partition coefficient (Wildman–Crippen LogP) is 2.86. The van der Waals surface area contributed by atoms with Crippen LogP contribution in [-0.2, 0) is 16.1 Å². The molecule has 0 aliphatic carbocycles. The summed E-state index contributed by atoms with van der Waals surface area (Å²) >= 11 is 7.90. The van der Waals surface area contributed by atoms with Gasteiger partial charge in [-0.25, -0.2) is 9.97 Å². The summed E-state index contributed by atoms with van der Waals surface area (Å²) in [5, 5.41) is 3.51. The predicted molar refractivity (Wildman–Crippen MR) is 131 cm³/mol. The molecule has 182 valence electrons. The highest BCUT2D eigenvalue weighted by Crippen LogP contribution is 2.37. The van der Waals surface area contributed by atoms with Gasteiger partial charge in [-0.1, -0.05) is 23.4 Å². The molecule has 1 aliphatic heterocycles. The maximum atomic E-state index is 12.9. The molecule has 1 aromatic heterocycles. The molecule has 3 rings (SSSR count). The number of likely N-dealkylation sites (N-methyl/N-ethyl adjacent to an activating group) is 2. The number of carbonyl (C=O) groups is 3. The SMILES string of the molecule is CCNC(=O)CN1Cc2c(nc(SC)nc2-c2ccc(OCC(=O)N(CC)CC)cc2Cl)C1=O. The lowest BCUT2D eigenvalue weighted by Crippen LogP contribution is -2.37. The number of benzene rings is 1. The summed E-state index contributed by atoms with van der Waals surface area (Å²) in [6, 6.07) is 5.10. The van der Waals surface area contributed by atoms with Crippen LogP contribution in [-0.4, -0.2) is 76.5 Å². The van der Waals surface area contributed by atoms with Crippen LogP contribution in [0.2, 0.25) is 5.02 Å². The van der Waals surface area contributed by atoms with E-state index >= 15 is 0 Å². The number of carbonyl (C=O) groups excluding carboxylic acids is 3. The molecule has 2 aromatic rings. The second kappa shape index (κ2) is 11.5. The summed E-state index contributed by atoms with van der Waals surface area (Å²) in [7, 11) is 0. The van der Waals surface area contributed by atoms with E-state index < -0.39 is 0 Å². The standard InChI is InChI=1S/C23H28ClN5O4S/c1-5-25-18(30)12-29-11-16-20(26-23(34-4)27-21(16)22(29)32)15-9-8-14(10-17(15)24)33-13-19(31)28(6-2)7-3/h8-10H,5-7,11-13H2,1-4H3,(H,25,30). The number of amides is 3. The topological polar surface area (TPSA) is 105 Å². The maximum absolute atomic E-state index is 12.9. The minimum absolute atomic E-state index is 0.0574. The number of hydrogen-bond donors (Lipinski definition) is 1. The van der Waals surface area contributed by atoms with E-state index in [2.05, 4.69) is 15.3 Å². The van der Waals surface area contributed by atoms with Crippen LogP contribution >= 0.6 is 23.4 Å². The highest BCUT2D eigenvalue weighted by atomic mass is 35.5. The molecule has 2 heterocycles. The van der Waals surface area contributed by atoms with Crippen LogP contribution < -0.4 is 10.1 Å². The molecule has 1 N–H and O–H groups in total. The second-order valence-electron chi connectivity index (χ2n) is 7.50. The van der Waals surface area contributed by atoms with E-state index in [1.54, 1.807) is 23.1 Å². The number of aromatic nitrogens is 2. The van der Waals surface area contributed by atoms with Gasteiger partial charge in [-0.2, -0.15) is 0 Å². The van der Waals surface area contributed by atoms with Gasteiger partial charge in [-0.15, -0.1) is 0 Å². The van der Waals surface area contributed by atoms with Gasteiger partial charge in [0.15, 0.2) is 11.8 Å². The molecule has 34 heavy (non-hydrogen) atoms. The van der Waals surface area contributed by atoms with Crippen molar-refractivity contribution in [3.8, 4) is 17.0 Å². The fourth-order valence-electron chi connectivity index (χ4n) is 3.66. The number of thioether (sulfide) groups is 1. The van der Waals surface area contributed by atoms with Gasteiger partial charge in [-0.3, -0.25) is 14.4 Å². The van der Waals surface area contributed by atoms with E-state index in [1.165, 1.54) is 16.7 Å².